The van der Waals surface area contributed by atoms with E-state index < -0.39 is 5.97 Å². The molecule has 0 aromatic heterocycles. The molecule has 1 unspecified atom stereocenters. The molecule has 19 heavy (non-hydrogen) atoms. The normalized spacial score (nSPS) is 12.4. The van der Waals surface area contributed by atoms with Gasteiger partial charge >= 0.3 is 5.97 Å². The lowest BCUT2D eigenvalue weighted by Crippen LogP contribution is -2.31. The van der Waals surface area contributed by atoms with Crippen molar-refractivity contribution in [1.29, 1.82) is 0 Å². The third-order valence-electron chi connectivity index (χ3n) is 2.77. The number of carboxylic acid groups (broad SMARTS) is 1. The van der Waals surface area contributed by atoms with Crippen LogP contribution in [-0.2, 0) is 4.79 Å². The summed E-state index contributed by atoms with van der Waals surface area (Å²) in [6.07, 6.45) is 3.41. The van der Waals surface area contributed by atoms with Crippen LogP contribution in [0.1, 0.15) is 41.8 Å². The minimum absolute atomic E-state index is 0.117. The number of hydrogen-bond donors (Lipinski definition) is 2. The summed E-state index contributed by atoms with van der Waals surface area (Å²) in [7, 11) is 0. The molecule has 1 rings (SSSR count). The average molecular weight is 261 g/mol. The molecule has 1 aromatic rings. The molecule has 0 saturated carbocycles. The van der Waals surface area contributed by atoms with E-state index in [0.717, 1.165) is 18.1 Å². The highest BCUT2D eigenvalue weighted by molar-refractivity contribution is 5.95. The molecular weight excluding hydrogens is 242 g/mol. The summed E-state index contributed by atoms with van der Waals surface area (Å²) < 4.78 is 0. The SMILES string of the molecule is CCC(C)NC(=O)c1cc(C)cc(/C=C/C(=O)O)c1. The second-order valence-electron chi connectivity index (χ2n) is 4.59. The predicted octanol–water partition coefficient (Wildman–Crippen LogP) is 2.62. The number of hydrogen-bond acceptors (Lipinski definition) is 2. The molecule has 0 spiro atoms. The Bertz CT molecular complexity index is 506. The van der Waals surface area contributed by atoms with E-state index in [0.29, 0.717) is 11.1 Å². The van der Waals surface area contributed by atoms with E-state index in [1.807, 2.05) is 26.8 Å². The molecule has 0 fully saturated rings. The first-order valence-electron chi connectivity index (χ1n) is 6.26. The summed E-state index contributed by atoms with van der Waals surface area (Å²) in [6, 6.07) is 5.42. The number of carbonyl (C=O) groups is 2. The molecule has 1 atom stereocenters. The van der Waals surface area contributed by atoms with E-state index in [9.17, 15) is 9.59 Å². The number of amides is 1. The van der Waals surface area contributed by atoms with Crippen molar-refractivity contribution in [3.63, 3.8) is 0 Å². The van der Waals surface area contributed by atoms with Crippen LogP contribution in [0.25, 0.3) is 6.08 Å². The summed E-state index contributed by atoms with van der Waals surface area (Å²) in [5.41, 5.74) is 2.17. The van der Waals surface area contributed by atoms with Crippen molar-refractivity contribution in [2.24, 2.45) is 0 Å². The van der Waals surface area contributed by atoms with Crippen molar-refractivity contribution >= 4 is 18.0 Å². The van der Waals surface area contributed by atoms with Gasteiger partial charge in [0.1, 0.15) is 0 Å². The highest BCUT2D eigenvalue weighted by Crippen LogP contribution is 2.12. The van der Waals surface area contributed by atoms with Crippen LogP contribution in [-0.4, -0.2) is 23.0 Å². The minimum Gasteiger partial charge on any atom is -0.478 e. The number of carbonyl (C=O) groups excluding carboxylic acids is 1. The average Bonchev–Trinajstić information content (AvgIpc) is 2.35. The zero-order valence-corrected chi connectivity index (χ0v) is 11.4. The molecule has 4 heteroatoms. The van der Waals surface area contributed by atoms with Gasteiger partial charge in [-0.05, 0) is 49.6 Å². The highest BCUT2D eigenvalue weighted by atomic mass is 16.4. The van der Waals surface area contributed by atoms with Gasteiger partial charge in [-0.25, -0.2) is 4.79 Å². The molecule has 102 valence electrons. The fraction of sp³-hybridized carbons (Fsp3) is 0.333. The molecule has 1 amide bonds. The van der Waals surface area contributed by atoms with Crippen LogP contribution in [0.3, 0.4) is 0 Å². The van der Waals surface area contributed by atoms with Gasteiger partial charge < -0.3 is 10.4 Å². The number of aryl methyl sites for hydroxylation is 1. The van der Waals surface area contributed by atoms with Crippen LogP contribution >= 0.6 is 0 Å². The van der Waals surface area contributed by atoms with Gasteiger partial charge in [-0.15, -0.1) is 0 Å². The predicted molar refractivity (Wildman–Crippen MR) is 75.1 cm³/mol. The van der Waals surface area contributed by atoms with Gasteiger partial charge in [0.2, 0.25) is 0 Å². The van der Waals surface area contributed by atoms with Crippen LogP contribution in [0.5, 0.6) is 0 Å². The third kappa shape index (κ3) is 4.95. The van der Waals surface area contributed by atoms with Crippen molar-refractivity contribution in [2.45, 2.75) is 33.2 Å². The third-order valence-corrected chi connectivity index (χ3v) is 2.77. The minimum atomic E-state index is -1.01. The Kier molecular flexibility index (Phi) is 5.30. The monoisotopic (exact) mass is 261 g/mol. The lowest BCUT2D eigenvalue weighted by atomic mass is 10.0. The maximum Gasteiger partial charge on any atom is 0.328 e. The van der Waals surface area contributed by atoms with Gasteiger partial charge in [-0.3, -0.25) is 4.79 Å². The topological polar surface area (TPSA) is 66.4 Å². The molecule has 1 aromatic carbocycles. The Morgan fingerprint density at radius 1 is 1.37 bits per heavy atom. The van der Waals surface area contributed by atoms with Crippen LogP contribution in [0.15, 0.2) is 24.3 Å². The van der Waals surface area contributed by atoms with E-state index in [1.165, 1.54) is 6.08 Å². The van der Waals surface area contributed by atoms with Gasteiger partial charge in [0, 0.05) is 17.7 Å². The van der Waals surface area contributed by atoms with E-state index in [4.69, 9.17) is 5.11 Å². The Balaban J connectivity index is 2.96. The van der Waals surface area contributed by atoms with Gasteiger partial charge in [0.15, 0.2) is 0 Å². The van der Waals surface area contributed by atoms with Crippen LogP contribution < -0.4 is 5.32 Å². The largest absolute Gasteiger partial charge is 0.478 e. The number of aliphatic carboxylic acids is 1. The standard InChI is InChI=1S/C15H19NO3/c1-4-11(3)16-15(19)13-8-10(2)7-12(9-13)5-6-14(17)18/h5-9,11H,4H2,1-3H3,(H,16,19)(H,17,18)/b6-5+. The number of nitrogens with one attached hydrogen (secondary N) is 1. The van der Waals surface area contributed by atoms with Crippen molar-refractivity contribution in [1.82, 2.24) is 5.32 Å². The quantitative estimate of drug-likeness (QED) is 0.801. The van der Waals surface area contributed by atoms with E-state index in [2.05, 4.69) is 5.32 Å². The zero-order valence-electron chi connectivity index (χ0n) is 11.4. The molecular formula is C15H19NO3. The molecule has 0 aliphatic carbocycles. The molecule has 2 N–H and O–H groups in total. The molecule has 0 heterocycles. The van der Waals surface area contributed by atoms with Gasteiger partial charge in [0.05, 0.1) is 0 Å². The highest BCUT2D eigenvalue weighted by Gasteiger charge is 2.09. The van der Waals surface area contributed by atoms with E-state index >= 15 is 0 Å². The van der Waals surface area contributed by atoms with Gasteiger partial charge in [0.25, 0.3) is 5.91 Å². The molecule has 0 aliphatic heterocycles. The van der Waals surface area contributed by atoms with Crippen LogP contribution in [0.2, 0.25) is 0 Å². The molecule has 0 saturated heterocycles. The summed E-state index contributed by atoms with van der Waals surface area (Å²) in [4.78, 5) is 22.5. The smallest absolute Gasteiger partial charge is 0.328 e. The Morgan fingerprint density at radius 3 is 2.63 bits per heavy atom. The van der Waals surface area contributed by atoms with Crippen molar-refractivity contribution < 1.29 is 14.7 Å². The summed E-state index contributed by atoms with van der Waals surface area (Å²) in [5.74, 6) is -1.14. The van der Waals surface area contributed by atoms with Gasteiger partial charge in [-0.2, -0.15) is 0 Å². The maximum absolute atomic E-state index is 12.0. The summed E-state index contributed by atoms with van der Waals surface area (Å²) in [6.45, 7) is 5.82. The molecule has 0 radical (unpaired) electrons. The molecule has 4 nitrogen and oxygen atoms in total. The second-order valence-corrected chi connectivity index (χ2v) is 4.59. The summed E-state index contributed by atoms with van der Waals surface area (Å²) >= 11 is 0. The summed E-state index contributed by atoms with van der Waals surface area (Å²) in [5, 5.41) is 11.5. The molecule has 0 aliphatic rings. The zero-order chi connectivity index (χ0) is 14.4. The lowest BCUT2D eigenvalue weighted by molar-refractivity contribution is -0.131. The fourth-order valence-electron chi connectivity index (χ4n) is 1.62. The van der Waals surface area contributed by atoms with Crippen LogP contribution in [0, 0.1) is 6.92 Å². The number of rotatable bonds is 5. The number of carboxylic acids is 1. The second kappa shape index (κ2) is 6.73. The van der Waals surface area contributed by atoms with E-state index in [1.54, 1.807) is 12.1 Å². The van der Waals surface area contributed by atoms with Crippen LogP contribution in [0.4, 0.5) is 0 Å². The molecule has 0 bridgehead atoms. The Labute approximate surface area is 113 Å². The first-order chi connectivity index (χ1) is 8.92. The number of benzene rings is 1. The lowest BCUT2D eigenvalue weighted by Gasteiger charge is -2.12. The van der Waals surface area contributed by atoms with E-state index in [-0.39, 0.29) is 11.9 Å². The van der Waals surface area contributed by atoms with Crippen molar-refractivity contribution in [3.05, 3.63) is 41.0 Å². The Morgan fingerprint density at radius 2 is 2.05 bits per heavy atom. The Hall–Kier alpha value is -2.10. The maximum atomic E-state index is 12.0. The van der Waals surface area contributed by atoms with Crippen molar-refractivity contribution in [3.8, 4) is 0 Å². The van der Waals surface area contributed by atoms with Crippen molar-refractivity contribution in [2.75, 3.05) is 0 Å². The fourth-order valence-corrected chi connectivity index (χ4v) is 1.62. The first kappa shape index (κ1) is 15.0. The van der Waals surface area contributed by atoms with Gasteiger partial charge in [-0.1, -0.05) is 13.0 Å². The first-order valence-corrected chi connectivity index (χ1v) is 6.26.